The molecular formula is C26H36N6O3. The van der Waals surface area contributed by atoms with E-state index in [1.807, 2.05) is 28.9 Å². The molecule has 0 saturated carbocycles. The Bertz CT molecular complexity index is 1080. The molecule has 0 amide bonds. The number of aromatic nitrogens is 4. The van der Waals surface area contributed by atoms with E-state index in [-0.39, 0.29) is 6.04 Å². The van der Waals surface area contributed by atoms with E-state index in [1.165, 1.54) is 5.69 Å². The van der Waals surface area contributed by atoms with Crippen molar-refractivity contribution in [3.05, 3.63) is 53.9 Å². The van der Waals surface area contributed by atoms with Gasteiger partial charge in [-0.25, -0.2) is 4.68 Å². The Hall–Kier alpha value is -3.33. The number of methoxy groups -OCH3 is 3. The monoisotopic (exact) mass is 480 g/mol. The van der Waals surface area contributed by atoms with Crippen molar-refractivity contribution >= 4 is 5.69 Å². The van der Waals surface area contributed by atoms with Crippen molar-refractivity contribution in [2.24, 2.45) is 5.92 Å². The van der Waals surface area contributed by atoms with Crippen LogP contribution in [0, 0.1) is 5.92 Å². The summed E-state index contributed by atoms with van der Waals surface area (Å²) in [6, 6.07) is 14.5. The highest BCUT2D eigenvalue weighted by molar-refractivity contribution is 5.49. The second-order valence-corrected chi connectivity index (χ2v) is 9.11. The second kappa shape index (κ2) is 11.4. The van der Waals surface area contributed by atoms with Crippen LogP contribution in [0.4, 0.5) is 5.69 Å². The van der Waals surface area contributed by atoms with E-state index in [4.69, 9.17) is 14.2 Å². The third-order valence-electron chi connectivity index (χ3n) is 6.66. The van der Waals surface area contributed by atoms with Crippen molar-refractivity contribution < 1.29 is 14.2 Å². The number of ether oxygens (including phenoxy) is 3. The molecule has 0 bridgehead atoms. The van der Waals surface area contributed by atoms with Gasteiger partial charge in [-0.1, -0.05) is 19.9 Å². The molecule has 4 rings (SSSR count). The van der Waals surface area contributed by atoms with Gasteiger partial charge in [0.1, 0.15) is 5.75 Å². The van der Waals surface area contributed by atoms with E-state index in [0.717, 1.165) is 61.2 Å². The highest BCUT2D eigenvalue weighted by Crippen LogP contribution is 2.30. The highest BCUT2D eigenvalue weighted by atomic mass is 16.5. The molecule has 1 aliphatic rings. The van der Waals surface area contributed by atoms with E-state index < -0.39 is 0 Å². The summed E-state index contributed by atoms with van der Waals surface area (Å²) in [7, 11) is 5.00. The number of aryl methyl sites for hydroxylation is 2. The van der Waals surface area contributed by atoms with E-state index in [1.54, 1.807) is 21.3 Å². The maximum absolute atomic E-state index is 5.45. The molecule has 2 aromatic carbocycles. The number of rotatable bonds is 10. The van der Waals surface area contributed by atoms with Crippen molar-refractivity contribution in [2.75, 3.05) is 52.4 Å². The minimum atomic E-state index is 0.161. The van der Waals surface area contributed by atoms with Crippen LogP contribution in [-0.2, 0) is 13.0 Å². The number of anilines is 1. The van der Waals surface area contributed by atoms with Crippen LogP contribution in [-0.4, -0.2) is 72.6 Å². The lowest BCUT2D eigenvalue weighted by molar-refractivity contribution is 0.134. The summed E-state index contributed by atoms with van der Waals surface area (Å²) in [5, 5.41) is 12.8. The zero-order valence-electron chi connectivity index (χ0n) is 21.3. The molecule has 2 heterocycles. The number of benzene rings is 2. The lowest BCUT2D eigenvalue weighted by atomic mass is 10.0. The summed E-state index contributed by atoms with van der Waals surface area (Å²) in [6.07, 6.45) is 0.800. The van der Waals surface area contributed by atoms with Gasteiger partial charge >= 0.3 is 0 Å². The average molecular weight is 481 g/mol. The maximum atomic E-state index is 5.45. The largest absolute Gasteiger partial charge is 0.497 e. The summed E-state index contributed by atoms with van der Waals surface area (Å²) in [6.45, 7) is 9.02. The smallest absolute Gasteiger partial charge is 0.168 e. The van der Waals surface area contributed by atoms with Gasteiger partial charge in [0.25, 0.3) is 0 Å². The van der Waals surface area contributed by atoms with Gasteiger partial charge in [0.2, 0.25) is 0 Å². The molecule has 1 fully saturated rings. The molecule has 35 heavy (non-hydrogen) atoms. The predicted octanol–water partition coefficient (Wildman–Crippen LogP) is 3.46. The van der Waals surface area contributed by atoms with Crippen molar-refractivity contribution in [1.29, 1.82) is 0 Å². The van der Waals surface area contributed by atoms with Crippen molar-refractivity contribution in [3.8, 4) is 17.2 Å². The van der Waals surface area contributed by atoms with Gasteiger partial charge in [0, 0.05) is 38.4 Å². The molecular weight excluding hydrogens is 444 g/mol. The SMILES string of the molecule is COc1ccc(N2CCN([C@H](c3nnnn3CCc3ccc(OC)c(OC)c3)C(C)C)CC2)cc1. The van der Waals surface area contributed by atoms with Crippen molar-refractivity contribution in [2.45, 2.75) is 32.9 Å². The van der Waals surface area contributed by atoms with Crippen LogP contribution in [0.5, 0.6) is 17.2 Å². The Morgan fingerprint density at radius 2 is 1.57 bits per heavy atom. The molecule has 0 aliphatic carbocycles. The molecule has 1 aliphatic heterocycles. The zero-order chi connectivity index (χ0) is 24.8. The van der Waals surface area contributed by atoms with Crippen LogP contribution < -0.4 is 19.1 Å². The van der Waals surface area contributed by atoms with Crippen molar-refractivity contribution in [1.82, 2.24) is 25.1 Å². The Balaban J connectivity index is 1.43. The quantitative estimate of drug-likeness (QED) is 0.437. The van der Waals surface area contributed by atoms with E-state index in [2.05, 4.69) is 57.4 Å². The summed E-state index contributed by atoms with van der Waals surface area (Å²) < 4.78 is 18.1. The fourth-order valence-corrected chi connectivity index (χ4v) is 4.79. The summed E-state index contributed by atoms with van der Waals surface area (Å²) >= 11 is 0. The second-order valence-electron chi connectivity index (χ2n) is 9.11. The van der Waals surface area contributed by atoms with Crippen LogP contribution in [0.3, 0.4) is 0 Å². The van der Waals surface area contributed by atoms with Crippen LogP contribution in [0.2, 0.25) is 0 Å². The fourth-order valence-electron chi connectivity index (χ4n) is 4.79. The Kier molecular flexibility index (Phi) is 8.07. The van der Waals surface area contributed by atoms with E-state index >= 15 is 0 Å². The zero-order valence-corrected chi connectivity index (χ0v) is 21.3. The molecule has 9 nitrogen and oxygen atoms in total. The maximum Gasteiger partial charge on any atom is 0.168 e. The van der Waals surface area contributed by atoms with Crippen LogP contribution in [0.15, 0.2) is 42.5 Å². The fraction of sp³-hybridized carbons (Fsp3) is 0.500. The molecule has 1 aromatic heterocycles. The molecule has 0 spiro atoms. The van der Waals surface area contributed by atoms with E-state index in [0.29, 0.717) is 12.5 Å². The minimum Gasteiger partial charge on any atom is -0.497 e. The topological polar surface area (TPSA) is 77.8 Å². The number of tetrazole rings is 1. The standard InChI is InChI=1S/C26H36N6O3/c1-19(2)25(31-16-14-30(15-17-31)21-7-9-22(33-3)10-8-21)26-27-28-29-32(26)13-12-20-6-11-23(34-4)24(18-20)35-5/h6-11,18-19,25H,12-17H2,1-5H3/t25-/m0/s1. The van der Waals surface area contributed by atoms with Gasteiger partial charge in [-0.3, -0.25) is 4.90 Å². The highest BCUT2D eigenvalue weighted by Gasteiger charge is 2.31. The van der Waals surface area contributed by atoms with Crippen LogP contribution in [0.25, 0.3) is 0 Å². The molecule has 0 radical (unpaired) electrons. The third-order valence-corrected chi connectivity index (χ3v) is 6.66. The predicted molar refractivity (Wildman–Crippen MR) is 135 cm³/mol. The first-order chi connectivity index (χ1) is 17.0. The Morgan fingerprint density at radius 3 is 2.20 bits per heavy atom. The molecule has 188 valence electrons. The van der Waals surface area contributed by atoms with Gasteiger partial charge < -0.3 is 19.1 Å². The third kappa shape index (κ3) is 5.67. The minimum absolute atomic E-state index is 0.161. The van der Waals surface area contributed by atoms with Crippen molar-refractivity contribution in [3.63, 3.8) is 0 Å². The molecule has 1 atom stereocenters. The first-order valence-electron chi connectivity index (χ1n) is 12.1. The number of nitrogens with zero attached hydrogens (tertiary/aromatic N) is 6. The first kappa shape index (κ1) is 24.8. The molecule has 1 saturated heterocycles. The van der Waals surface area contributed by atoms with Crippen LogP contribution >= 0.6 is 0 Å². The summed E-state index contributed by atoms with van der Waals surface area (Å²) in [5.74, 6) is 3.66. The van der Waals surface area contributed by atoms with Gasteiger partial charge in [-0.05, 0) is 64.7 Å². The Morgan fingerprint density at radius 1 is 0.857 bits per heavy atom. The summed E-state index contributed by atoms with van der Waals surface area (Å²) in [5.41, 5.74) is 2.38. The van der Waals surface area contributed by atoms with E-state index in [9.17, 15) is 0 Å². The molecule has 9 heteroatoms. The molecule has 3 aromatic rings. The molecule has 0 N–H and O–H groups in total. The lowest BCUT2D eigenvalue weighted by Crippen LogP contribution is -2.49. The summed E-state index contributed by atoms with van der Waals surface area (Å²) in [4.78, 5) is 4.94. The van der Waals surface area contributed by atoms with Gasteiger partial charge in [0.05, 0.1) is 27.4 Å². The van der Waals surface area contributed by atoms with Gasteiger partial charge in [-0.15, -0.1) is 5.10 Å². The lowest BCUT2D eigenvalue weighted by Gasteiger charge is -2.41. The first-order valence-corrected chi connectivity index (χ1v) is 12.1. The molecule has 0 unspecified atom stereocenters. The number of hydrogen-bond donors (Lipinski definition) is 0. The number of piperazine rings is 1. The number of hydrogen-bond acceptors (Lipinski definition) is 8. The van der Waals surface area contributed by atoms with Gasteiger partial charge in [0.15, 0.2) is 17.3 Å². The van der Waals surface area contributed by atoms with Gasteiger partial charge in [-0.2, -0.15) is 0 Å². The average Bonchev–Trinajstić information content (AvgIpc) is 3.35. The van der Waals surface area contributed by atoms with Crippen LogP contribution in [0.1, 0.15) is 31.3 Å². The Labute approximate surface area is 207 Å². The normalized spacial score (nSPS) is 15.3.